The van der Waals surface area contributed by atoms with E-state index in [9.17, 15) is 19.2 Å². The quantitative estimate of drug-likeness (QED) is 0.321. The molecule has 0 fully saturated rings. The molecule has 188 valence electrons. The van der Waals surface area contributed by atoms with Crippen molar-refractivity contribution < 1.29 is 23.9 Å². The number of esters is 1. The third-order valence-electron chi connectivity index (χ3n) is 5.99. The van der Waals surface area contributed by atoms with Gasteiger partial charge in [-0.3, -0.25) is 14.4 Å². The number of alkyl carbamates (subject to hydrolysis) is 1. The average Bonchev–Trinajstić information content (AvgIpc) is 3.19. The summed E-state index contributed by atoms with van der Waals surface area (Å²) in [7, 11) is 0. The summed E-state index contributed by atoms with van der Waals surface area (Å²) in [6.07, 6.45) is -0.419. The molecule has 1 aliphatic heterocycles. The summed E-state index contributed by atoms with van der Waals surface area (Å²) in [4.78, 5) is 54.6. The molecule has 0 unspecified atom stereocenters. The third kappa shape index (κ3) is 4.86. The van der Waals surface area contributed by atoms with E-state index in [1.807, 2.05) is 24.3 Å². The highest BCUT2D eigenvalue weighted by Crippen LogP contribution is 2.36. The molecule has 0 aliphatic carbocycles. The summed E-state index contributed by atoms with van der Waals surface area (Å²) in [5, 5.41) is 3.19. The Balaban J connectivity index is 1.66. The Hall–Kier alpha value is -4.01. The maximum absolute atomic E-state index is 13.1. The van der Waals surface area contributed by atoms with Crippen LogP contribution in [0.25, 0.3) is 22.3 Å². The van der Waals surface area contributed by atoms with E-state index in [1.165, 1.54) is 0 Å². The smallest absolute Gasteiger partial charge is 0.408 e. The third-order valence-corrected chi connectivity index (χ3v) is 5.99. The Morgan fingerprint density at radius 1 is 1.17 bits per heavy atom. The second-order valence-electron chi connectivity index (χ2n) is 9.69. The van der Waals surface area contributed by atoms with Crippen LogP contribution in [0.15, 0.2) is 35.1 Å². The van der Waals surface area contributed by atoms with Gasteiger partial charge in [0.2, 0.25) is 0 Å². The Morgan fingerprint density at radius 3 is 2.58 bits per heavy atom. The van der Waals surface area contributed by atoms with Crippen LogP contribution in [0.2, 0.25) is 0 Å². The Bertz CT molecular complexity index is 1450. The van der Waals surface area contributed by atoms with E-state index in [0.29, 0.717) is 34.5 Å². The van der Waals surface area contributed by atoms with Crippen LogP contribution < -0.4 is 10.9 Å². The number of aromatic nitrogens is 2. The fourth-order valence-electron chi connectivity index (χ4n) is 4.27. The molecule has 0 saturated heterocycles. The lowest BCUT2D eigenvalue weighted by Crippen LogP contribution is -2.36. The maximum atomic E-state index is 13.1. The number of hydrogen-bond acceptors (Lipinski definition) is 7. The van der Waals surface area contributed by atoms with Crippen molar-refractivity contribution in [3.63, 3.8) is 0 Å². The number of rotatable bonds is 6. The maximum Gasteiger partial charge on any atom is 0.408 e. The van der Waals surface area contributed by atoms with Crippen molar-refractivity contribution in [1.29, 1.82) is 0 Å². The van der Waals surface area contributed by atoms with Gasteiger partial charge in [0.05, 0.1) is 23.4 Å². The van der Waals surface area contributed by atoms with Crippen LogP contribution in [0.3, 0.4) is 0 Å². The van der Waals surface area contributed by atoms with Gasteiger partial charge in [0, 0.05) is 34.1 Å². The average molecular weight is 492 g/mol. The standard InChI is InChI=1S/C27H29N3O6/c1-6-22(31)17-11-21-24-18(13-30(21)25(33)15(17)2)19(16-9-7-8-10-20(16)29-24)14-35-23(32)12-28-26(34)36-27(3,4)5/h7-11H,6,12-14H2,1-5H3,(H,28,34). The second-order valence-corrected chi connectivity index (χ2v) is 9.69. The number of benzene rings is 1. The molecule has 0 bridgehead atoms. The highest BCUT2D eigenvalue weighted by molar-refractivity contribution is 5.98. The van der Waals surface area contributed by atoms with E-state index in [2.05, 4.69) is 5.32 Å². The van der Waals surface area contributed by atoms with E-state index in [-0.39, 0.29) is 31.0 Å². The molecule has 36 heavy (non-hydrogen) atoms. The van der Waals surface area contributed by atoms with Crippen LogP contribution in [-0.4, -0.2) is 39.5 Å². The van der Waals surface area contributed by atoms with Crippen LogP contribution >= 0.6 is 0 Å². The fourth-order valence-corrected chi connectivity index (χ4v) is 4.27. The Kier molecular flexibility index (Phi) is 6.67. The molecule has 3 aromatic rings. The number of amides is 1. The first kappa shape index (κ1) is 25.1. The lowest BCUT2D eigenvalue weighted by atomic mass is 10.00. The van der Waals surface area contributed by atoms with E-state index >= 15 is 0 Å². The number of nitrogens with one attached hydrogen (secondary N) is 1. The largest absolute Gasteiger partial charge is 0.459 e. The second kappa shape index (κ2) is 9.56. The molecular formula is C27H29N3O6. The summed E-state index contributed by atoms with van der Waals surface area (Å²) in [6, 6.07) is 9.18. The minimum atomic E-state index is -0.711. The minimum absolute atomic E-state index is 0.0668. The molecule has 1 amide bonds. The molecule has 1 aliphatic rings. The zero-order valence-electron chi connectivity index (χ0n) is 21.1. The molecule has 9 nitrogen and oxygen atoms in total. The lowest BCUT2D eigenvalue weighted by Gasteiger charge is -2.19. The van der Waals surface area contributed by atoms with E-state index < -0.39 is 17.7 Å². The van der Waals surface area contributed by atoms with Crippen molar-refractivity contribution in [1.82, 2.24) is 14.9 Å². The van der Waals surface area contributed by atoms with Crippen molar-refractivity contribution in [2.24, 2.45) is 0 Å². The van der Waals surface area contributed by atoms with Crippen molar-refractivity contribution in [2.75, 3.05) is 6.54 Å². The number of ketones is 1. The van der Waals surface area contributed by atoms with Crippen LogP contribution in [0.5, 0.6) is 0 Å². The van der Waals surface area contributed by atoms with Gasteiger partial charge < -0.3 is 19.4 Å². The van der Waals surface area contributed by atoms with E-state index in [0.717, 1.165) is 16.5 Å². The van der Waals surface area contributed by atoms with Gasteiger partial charge in [-0.05, 0) is 39.8 Å². The molecule has 0 radical (unpaired) electrons. The van der Waals surface area contributed by atoms with Crippen LogP contribution in [0, 0.1) is 6.92 Å². The predicted octanol–water partition coefficient (Wildman–Crippen LogP) is 3.89. The van der Waals surface area contributed by atoms with Gasteiger partial charge in [-0.2, -0.15) is 0 Å². The summed E-state index contributed by atoms with van der Waals surface area (Å²) < 4.78 is 12.2. The Labute approximate surface area is 208 Å². The minimum Gasteiger partial charge on any atom is -0.459 e. The predicted molar refractivity (Wildman–Crippen MR) is 134 cm³/mol. The Morgan fingerprint density at radius 2 is 1.89 bits per heavy atom. The highest BCUT2D eigenvalue weighted by Gasteiger charge is 2.28. The molecule has 9 heteroatoms. The molecule has 0 atom stereocenters. The normalized spacial score (nSPS) is 12.1. The number of hydrogen-bond donors (Lipinski definition) is 1. The van der Waals surface area contributed by atoms with Gasteiger partial charge >= 0.3 is 12.1 Å². The van der Waals surface area contributed by atoms with Gasteiger partial charge in [-0.15, -0.1) is 0 Å². The number of carbonyl (C=O) groups is 3. The molecule has 3 heterocycles. The fraction of sp³-hybridized carbons (Fsp3) is 0.370. The number of carbonyl (C=O) groups excluding carboxylic acids is 3. The number of Topliss-reactive ketones (excluding diaryl/α,β-unsaturated/α-hetero) is 1. The summed E-state index contributed by atoms with van der Waals surface area (Å²) in [6.45, 7) is 8.45. The first-order chi connectivity index (χ1) is 17.0. The number of ether oxygens (including phenoxy) is 2. The zero-order valence-corrected chi connectivity index (χ0v) is 21.1. The van der Waals surface area contributed by atoms with E-state index in [4.69, 9.17) is 14.5 Å². The van der Waals surface area contributed by atoms with Crippen LogP contribution in [0.1, 0.15) is 61.2 Å². The van der Waals surface area contributed by atoms with E-state index in [1.54, 1.807) is 45.3 Å². The van der Waals surface area contributed by atoms with Gasteiger partial charge in [-0.25, -0.2) is 9.78 Å². The number of para-hydroxylation sites is 1. The van der Waals surface area contributed by atoms with Crippen molar-refractivity contribution in [3.8, 4) is 11.4 Å². The first-order valence-electron chi connectivity index (χ1n) is 11.8. The van der Waals surface area contributed by atoms with Crippen molar-refractivity contribution in [2.45, 2.75) is 59.8 Å². The van der Waals surface area contributed by atoms with Gasteiger partial charge in [0.1, 0.15) is 18.8 Å². The number of pyridine rings is 2. The number of nitrogens with zero attached hydrogens (tertiary/aromatic N) is 2. The monoisotopic (exact) mass is 491 g/mol. The first-order valence-corrected chi connectivity index (χ1v) is 11.8. The molecule has 4 rings (SSSR count). The molecule has 1 N–H and O–H groups in total. The molecular weight excluding hydrogens is 462 g/mol. The van der Waals surface area contributed by atoms with Crippen molar-refractivity contribution >= 4 is 28.7 Å². The lowest BCUT2D eigenvalue weighted by molar-refractivity contribution is -0.143. The number of fused-ring (bicyclic) bond motifs is 4. The molecule has 2 aromatic heterocycles. The molecule has 0 saturated carbocycles. The summed E-state index contributed by atoms with van der Waals surface area (Å²) in [5.74, 6) is -0.733. The zero-order chi connectivity index (χ0) is 26.2. The molecule has 0 spiro atoms. The van der Waals surface area contributed by atoms with Gasteiger partial charge in [0.25, 0.3) is 5.56 Å². The summed E-state index contributed by atoms with van der Waals surface area (Å²) >= 11 is 0. The van der Waals surface area contributed by atoms with Gasteiger partial charge in [-0.1, -0.05) is 25.1 Å². The van der Waals surface area contributed by atoms with Crippen LogP contribution in [0.4, 0.5) is 4.79 Å². The summed E-state index contributed by atoms with van der Waals surface area (Å²) in [5.41, 5.74) is 3.22. The highest BCUT2D eigenvalue weighted by atomic mass is 16.6. The van der Waals surface area contributed by atoms with Crippen molar-refractivity contribution in [3.05, 3.63) is 62.9 Å². The topological polar surface area (TPSA) is 117 Å². The SMILES string of the molecule is CCC(=O)c1cc2n(c(=O)c1C)Cc1c-2nc2ccccc2c1COC(=O)CNC(=O)OC(C)(C)C. The molecule has 1 aromatic carbocycles. The van der Waals surface area contributed by atoms with Gasteiger partial charge in [0.15, 0.2) is 5.78 Å². The van der Waals surface area contributed by atoms with Crippen LogP contribution in [-0.2, 0) is 27.4 Å².